The lowest BCUT2D eigenvalue weighted by Gasteiger charge is -2.40. The summed E-state index contributed by atoms with van der Waals surface area (Å²) >= 11 is 0. The molecule has 0 aliphatic heterocycles. The SMILES string of the molecule is CC[C@@H](O[Si](C)(C)C(C)(C)C)[C@H](C)C(=O)OC. The van der Waals surface area contributed by atoms with Gasteiger partial charge in [-0.15, -0.1) is 0 Å². The molecule has 0 saturated heterocycles. The van der Waals surface area contributed by atoms with Gasteiger partial charge in [0.2, 0.25) is 0 Å². The molecule has 0 aliphatic rings. The first-order valence-electron chi connectivity index (χ1n) is 6.32. The molecule has 4 heteroatoms. The number of carbonyl (C=O) groups is 1. The lowest BCUT2D eigenvalue weighted by atomic mass is 10.0. The van der Waals surface area contributed by atoms with Crippen molar-refractivity contribution in [1.82, 2.24) is 0 Å². The standard InChI is InChI=1S/C13H28O3Si/c1-9-11(10(2)12(14)15-6)16-17(7,8)13(3,4)5/h10-11H,9H2,1-8H3/t10-,11+/m0/s1. The summed E-state index contributed by atoms with van der Waals surface area (Å²) in [6, 6.07) is 0. The molecule has 0 rings (SSSR count). The molecule has 17 heavy (non-hydrogen) atoms. The summed E-state index contributed by atoms with van der Waals surface area (Å²) in [5.74, 6) is -0.380. The molecule has 0 aromatic heterocycles. The molecule has 0 radical (unpaired) electrons. The van der Waals surface area contributed by atoms with Crippen molar-refractivity contribution >= 4 is 14.3 Å². The molecule has 0 saturated carbocycles. The van der Waals surface area contributed by atoms with Gasteiger partial charge in [0, 0.05) is 0 Å². The second-order valence-corrected chi connectivity index (χ2v) is 10.9. The molecule has 3 nitrogen and oxygen atoms in total. The van der Waals surface area contributed by atoms with Crippen LogP contribution < -0.4 is 0 Å². The molecule has 0 amide bonds. The number of rotatable bonds is 5. The van der Waals surface area contributed by atoms with Crippen molar-refractivity contribution in [1.29, 1.82) is 0 Å². The Morgan fingerprint density at radius 2 is 1.76 bits per heavy atom. The maximum Gasteiger partial charge on any atom is 0.310 e. The molecular weight excluding hydrogens is 232 g/mol. The third-order valence-corrected chi connectivity index (χ3v) is 8.29. The first kappa shape index (κ1) is 16.6. The predicted molar refractivity (Wildman–Crippen MR) is 73.5 cm³/mol. The Kier molecular flexibility index (Phi) is 5.88. The van der Waals surface area contributed by atoms with E-state index in [1.54, 1.807) is 0 Å². The lowest BCUT2D eigenvalue weighted by molar-refractivity contribution is -0.148. The quantitative estimate of drug-likeness (QED) is 0.560. The highest BCUT2D eigenvalue weighted by Gasteiger charge is 2.40. The maximum absolute atomic E-state index is 11.6. The zero-order valence-electron chi connectivity index (χ0n) is 12.6. The minimum atomic E-state index is -1.82. The molecule has 0 unspecified atom stereocenters. The van der Waals surface area contributed by atoms with E-state index in [1.807, 2.05) is 6.92 Å². The molecule has 0 bridgehead atoms. The average Bonchev–Trinajstić information content (AvgIpc) is 2.22. The van der Waals surface area contributed by atoms with Crippen LogP contribution in [0.25, 0.3) is 0 Å². The molecule has 0 aliphatic carbocycles. The summed E-state index contributed by atoms with van der Waals surface area (Å²) in [6.45, 7) is 15.0. The first-order chi connectivity index (χ1) is 7.56. The van der Waals surface area contributed by atoms with Gasteiger partial charge in [-0.25, -0.2) is 0 Å². The van der Waals surface area contributed by atoms with Crippen LogP contribution in [0.3, 0.4) is 0 Å². The highest BCUT2D eigenvalue weighted by molar-refractivity contribution is 6.74. The Balaban J connectivity index is 4.77. The van der Waals surface area contributed by atoms with Crippen molar-refractivity contribution in [2.24, 2.45) is 5.92 Å². The van der Waals surface area contributed by atoms with Crippen molar-refractivity contribution in [2.45, 2.75) is 65.3 Å². The summed E-state index contributed by atoms with van der Waals surface area (Å²) in [7, 11) is -0.390. The van der Waals surface area contributed by atoms with Crippen molar-refractivity contribution < 1.29 is 14.0 Å². The van der Waals surface area contributed by atoms with E-state index in [9.17, 15) is 4.79 Å². The van der Waals surface area contributed by atoms with Crippen LogP contribution >= 0.6 is 0 Å². The number of carbonyl (C=O) groups excluding carboxylic acids is 1. The fourth-order valence-corrected chi connectivity index (χ4v) is 2.91. The number of ether oxygens (including phenoxy) is 1. The van der Waals surface area contributed by atoms with Gasteiger partial charge >= 0.3 is 5.97 Å². The van der Waals surface area contributed by atoms with E-state index in [0.717, 1.165) is 6.42 Å². The van der Waals surface area contributed by atoms with Crippen LogP contribution in [0.2, 0.25) is 18.1 Å². The lowest BCUT2D eigenvalue weighted by Crippen LogP contribution is -2.46. The van der Waals surface area contributed by atoms with Crippen LogP contribution in [0.5, 0.6) is 0 Å². The third-order valence-electron chi connectivity index (χ3n) is 3.79. The van der Waals surface area contributed by atoms with Crippen LogP contribution in [0.4, 0.5) is 0 Å². The Labute approximate surface area is 107 Å². The van der Waals surface area contributed by atoms with Gasteiger partial charge in [-0.05, 0) is 31.5 Å². The largest absolute Gasteiger partial charge is 0.469 e. The Hall–Kier alpha value is -0.353. The van der Waals surface area contributed by atoms with Gasteiger partial charge < -0.3 is 9.16 Å². The molecule has 0 spiro atoms. The zero-order valence-corrected chi connectivity index (χ0v) is 13.6. The molecule has 0 aromatic rings. The Morgan fingerprint density at radius 3 is 2.06 bits per heavy atom. The third kappa shape index (κ3) is 4.43. The Bertz CT molecular complexity index is 256. The molecule has 0 fully saturated rings. The second-order valence-electron chi connectivity index (χ2n) is 6.14. The van der Waals surface area contributed by atoms with E-state index < -0.39 is 8.32 Å². The van der Waals surface area contributed by atoms with Gasteiger partial charge in [0.25, 0.3) is 0 Å². The normalized spacial score (nSPS) is 16.5. The molecule has 102 valence electrons. The average molecular weight is 260 g/mol. The number of hydrogen-bond acceptors (Lipinski definition) is 3. The van der Waals surface area contributed by atoms with Crippen molar-refractivity contribution in [3.05, 3.63) is 0 Å². The zero-order chi connectivity index (χ0) is 13.9. The van der Waals surface area contributed by atoms with Crippen LogP contribution in [0, 0.1) is 5.92 Å². The number of hydrogen-bond donors (Lipinski definition) is 0. The Morgan fingerprint density at radius 1 is 1.29 bits per heavy atom. The summed E-state index contributed by atoms with van der Waals surface area (Å²) in [5.41, 5.74) is 0. The van der Waals surface area contributed by atoms with Crippen molar-refractivity contribution in [3.8, 4) is 0 Å². The summed E-state index contributed by atoms with van der Waals surface area (Å²) in [4.78, 5) is 11.6. The fraction of sp³-hybridized carbons (Fsp3) is 0.923. The highest BCUT2D eigenvalue weighted by Crippen LogP contribution is 2.38. The minimum Gasteiger partial charge on any atom is -0.469 e. The van der Waals surface area contributed by atoms with Crippen molar-refractivity contribution in [3.63, 3.8) is 0 Å². The fourth-order valence-electron chi connectivity index (χ4n) is 1.43. The summed E-state index contributed by atoms with van der Waals surface area (Å²) < 4.78 is 11.1. The molecule has 0 aromatic carbocycles. The van der Waals surface area contributed by atoms with E-state index >= 15 is 0 Å². The van der Waals surface area contributed by atoms with Gasteiger partial charge in [-0.2, -0.15) is 0 Å². The predicted octanol–water partition coefficient (Wildman–Crippen LogP) is 3.60. The number of methoxy groups -OCH3 is 1. The first-order valence-corrected chi connectivity index (χ1v) is 9.23. The van der Waals surface area contributed by atoms with Gasteiger partial charge in [0.1, 0.15) is 0 Å². The van der Waals surface area contributed by atoms with E-state index in [-0.39, 0.29) is 23.0 Å². The van der Waals surface area contributed by atoms with Crippen LogP contribution in [-0.2, 0) is 14.0 Å². The van der Waals surface area contributed by atoms with Gasteiger partial charge in [0.15, 0.2) is 8.32 Å². The molecule has 2 atom stereocenters. The summed E-state index contributed by atoms with van der Waals surface area (Å²) in [5, 5.41) is 0.163. The van der Waals surface area contributed by atoms with E-state index in [0.29, 0.717) is 0 Å². The molecule has 0 N–H and O–H groups in total. The maximum atomic E-state index is 11.6. The molecular formula is C13H28O3Si. The monoisotopic (exact) mass is 260 g/mol. The highest BCUT2D eigenvalue weighted by atomic mass is 28.4. The van der Waals surface area contributed by atoms with Crippen LogP contribution in [0.15, 0.2) is 0 Å². The van der Waals surface area contributed by atoms with Crippen LogP contribution in [0.1, 0.15) is 41.0 Å². The van der Waals surface area contributed by atoms with E-state index in [1.165, 1.54) is 7.11 Å². The molecule has 0 heterocycles. The van der Waals surface area contributed by atoms with Crippen LogP contribution in [-0.4, -0.2) is 27.5 Å². The second kappa shape index (κ2) is 6.00. The van der Waals surface area contributed by atoms with Gasteiger partial charge in [-0.1, -0.05) is 27.7 Å². The smallest absolute Gasteiger partial charge is 0.310 e. The minimum absolute atomic E-state index is 0.0386. The van der Waals surface area contributed by atoms with Gasteiger partial charge in [0.05, 0.1) is 19.1 Å². The van der Waals surface area contributed by atoms with E-state index in [2.05, 4.69) is 40.8 Å². The summed E-state index contributed by atoms with van der Waals surface area (Å²) in [6.07, 6.45) is 0.798. The van der Waals surface area contributed by atoms with Gasteiger partial charge in [-0.3, -0.25) is 4.79 Å². The topological polar surface area (TPSA) is 35.5 Å². The van der Waals surface area contributed by atoms with Crippen molar-refractivity contribution in [2.75, 3.05) is 7.11 Å². The van der Waals surface area contributed by atoms with E-state index in [4.69, 9.17) is 9.16 Å². The number of esters is 1.